The molecule has 3 rings (SSSR count). The first-order valence-electron chi connectivity index (χ1n) is 7.90. The molecule has 0 aliphatic rings. The number of rotatable bonds is 4. The highest BCUT2D eigenvalue weighted by Crippen LogP contribution is 2.21. The quantitative estimate of drug-likeness (QED) is 0.758. The number of carbonyl (C=O) groups excluding carboxylic acids is 1. The van der Waals surface area contributed by atoms with Crippen molar-refractivity contribution in [2.45, 2.75) is 20.4 Å². The molecule has 7 heteroatoms. The Hall–Kier alpha value is -3.09. The van der Waals surface area contributed by atoms with Crippen LogP contribution in [0.15, 0.2) is 29.1 Å². The number of benzene rings is 1. The Labute approximate surface area is 144 Å². The van der Waals surface area contributed by atoms with Crippen LogP contribution in [0.5, 0.6) is 5.75 Å². The molecule has 1 amide bonds. The number of hydrogen-bond acceptors (Lipinski definition) is 4. The summed E-state index contributed by atoms with van der Waals surface area (Å²) in [6.07, 6.45) is 0. The molecule has 0 fully saturated rings. The van der Waals surface area contributed by atoms with Crippen molar-refractivity contribution < 1.29 is 9.53 Å². The summed E-state index contributed by atoms with van der Waals surface area (Å²) < 4.78 is 6.83. The molecule has 0 aliphatic carbocycles. The molecule has 0 aliphatic heterocycles. The maximum atomic E-state index is 12.5. The Bertz CT molecular complexity index is 1020. The van der Waals surface area contributed by atoms with Crippen molar-refractivity contribution in [2.24, 2.45) is 7.05 Å². The molecule has 2 aromatic heterocycles. The van der Waals surface area contributed by atoms with E-state index in [1.807, 2.05) is 19.9 Å². The number of nitrogens with one attached hydrogen (secondary N) is 2. The van der Waals surface area contributed by atoms with Gasteiger partial charge in [0.1, 0.15) is 5.75 Å². The van der Waals surface area contributed by atoms with E-state index in [9.17, 15) is 9.59 Å². The zero-order chi connectivity index (χ0) is 18.1. The average Bonchev–Trinajstić information content (AvgIpc) is 2.88. The maximum Gasteiger partial charge on any atom is 0.273 e. The van der Waals surface area contributed by atoms with Crippen LogP contribution in [0.4, 0.5) is 0 Å². The molecule has 130 valence electrons. The van der Waals surface area contributed by atoms with Crippen molar-refractivity contribution in [2.75, 3.05) is 7.11 Å². The first kappa shape index (κ1) is 16.8. The number of pyridine rings is 1. The van der Waals surface area contributed by atoms with Crippen molar-refractivity contribution in [1.29, 1.82) is 0 Å². The number of ether oxygens (including phenoxy) is 1. The van der Waals surface area contributed by atoms with E-state index in [4.69, 9.17) is 4.74 Å². The summed E-state index contributed by atoms with van der Waals surface area (Å²) in [4.78, 5) is 29.1. The van der Waals surface area contributed by atoms with E-state index in [2.05, 4.69) is 15.4 Å². The number of amides is 1. The maximum absolute atomic E-state index is 12.5. The molecule has 3 aromatic rings. The minimum absolute atomic E-state index is 0.181. The molecule has 0 saturated heterocycles. The molecule has 0 radical (unpaired) electrons. The third kappa shape index (κ3) is 2.88. The summed E-state index contributed by atoms with van der Waals surface area (Å²) in [5, 5.41) is 6.15. The van der Waals surface area contributed by atoms with Crippen LogP contribution in [0.25, 0.3) is 11.0 Å². The second kappa shape index (κ2) is 6.43. The highest BCUT2D eigenvalue weighted by atomic mass is 16.5. The topological polar surface area (TPSA) is 89.0 Å². The van der Waals surface area contributed by atoms with Gasteiger partial charge >= 0.3 is 0 Å². The number of para-hydroxylation sites is 1. The monoisotopic (exact) mass is 340 g/mol. The molecule has 2 heterocycles. The van der Waals surface area contributed by atoms with Crippen LogP contribution >= 0.6 is 0 Å². The van der Waals surface area contributed by atoms with E-state index in [1.54, 1.807) is 29.9 Å². The van der Waals surface area contributed by atoms with E-state index in [0.717, 1.165) is 16.8 Å². The fraction of sp³-hybridized carbons (Fsp3) is 0.278. The lowest BCUT2D eigenvalue weighted by Crippen LogP contribution is -2.24. The van der Waals surface area contributed by atoms with Crippen molar-refractivity contribution in [3.8, 4) is 5.75 Å². The lowest BCUT2D eigenvalue weighted by molar-refractivity contribution is 0.0948. The summed E-state index contributed by atoms with van der Waals surface area (Å²) >= 11 is 0. The Morgan fingerprint density at radius 2 is 2.04 bits per heavy atom. The number of nitrogens with zero attached hydrogens (tertiary/aromatic N) is 2. The summed E-state index contributed by atoms with van der Waals surface area (Å²) in [5.74, 6) is 0.278. The third-order valence-corrected chi connectivity index (χ3v) is 4.35. The largest absolute Gasteiger partial charge is 0.496 e. The molecular weight excluding hydrogens is 320 g/mol. The van der Waals surface area contributed by atoms with Crippen molar-refractivity contribution in [3.63, 3.8) is 0 Å². The lowest BCUT2D eigenvalue weighted by atomic mass is 10.0. The average molecular weight is 340 g/mol. The molecule has 0 atom stereocenters. The van der Waals surface area contributed by atoms with Gasteiger partial charge in [0.15, 0.2) is 5.65 Å². The van der Waals surface area contributed by atoms with Crippen LogP contribution < -0.4 is 15.6 Å². The smallest absolute Gasteiger partial charge is 0.273 e. The summed E-state index contributed by atoms with van der Waals surface area (Å²) in [6.45, 7) is 4.02. The first-order valence-corrected chi connectivity index (χ1v) is 7.90. The van der Waals surface area contributed by atoms with E-state index < -0.39 is 0 Å². The van der Waals surface area contributed by atoms with Crippen LogP contribution in [0, 0.1) is 13.8 Å². The van der Waals surface area contributed by atoms with Crippen LogP contribution in [0.2, 0.25) is 0 Å². The fourth-order valence-corrected chi connectivity index (χ4v) is 3.00. The molecule has 0 spiro atoms. The SMILES string of the molecule is COc1ccccc1C(=O)NCc1c(C)nc2c(c1C)c(=O)[nH]n2C. The summed E-state index contributed by atoms with van der Waals surface area (Å²) in [7, 11) is 3.28. The highest BCUT2D eigenvalue weighted by molar-refractivity contribution is 5.97. The number of hydrogen-bond donors (Lipinski definition) is 2. The van der Waals surface area contributed by atoms with Gasteiger partial charge in [-0.1, -0.05) is 12.1 Å². The van der Waals surface area contributed by atoms with Crippen LogP contribution in [0.3, 0.4) is 0 Å². The lowest BCUT2D eigenvalue weighted by Gasteiger charge is -2.13. The molecule has 25 heavy (non-hydrogen) atoms. The van der Waals surface area contributed by atoms with E-state index >= 15 is 0 Å². The highest BCUT2D eigenvalue weighted by Gasteiger charge is 2.17. The standard InChI is InChI=1S/C18H20N4O3/c1-10-13(11(2)20-16-15(10)18(24)21-22(16)3)9-19-17(23)12-7-5-6-8-14(12)25-4/h5-8H,9H2,1-4H3,(H,19,23)(H,21,24). The van der Waals surface area contributed by atoms with Crippen molar-refractivity contribution in [3.05, 3.63) is 57.0 Å². The second-order valence-corrected chi connectivity index (χ2v) is 5.88. The van der Waals surface area contributed by atoms with Gasteiger partial charge in [0.05, 0.1) is 18.1 Å². The molecule has 0 bridgehead atoms. The van der Waals surface area contributed by atoms with Crippen LogP contribution in [-0.4, -0.2) is 27.8 Å². The summed E-state index contributed by atoms with van der Waals surface area (Å²) in [6, 6.07) is 7.04. The first-order chi connectivity index (χ1) is 11.9. The van der Waals surface area contributed by atoms with Gasteiger partial charge in [-0.2, -0.15) is 0 Å². The van der Waals surface area contributed by atoms with Gasteiger partial charge in [-0.15, -0.1) is 0 Å². The molecular formula is C18H20N4O3. The minimum atomic E-state index is -0.238. The Morgan fingerprint density at radius 1 is 1.32 bits per heavy atom. The van der Waals surface area contributed by atoms with E-state index in [-0.39, 0.29) is 18.0 Å². The van der Waals surface area contributed by atoms with Crippen molar-refractivity contribution in [1.82, 2.24) is 20.1 Å². The predicted octanol–water partition coefficient (Wildman–Crippen LogP) is 1.82. The van der Waals surface area contributed by atoms with E-state index in [1.165, 1.54) is 7.11 Å². The fourth-order valence-electron chi connectivity index (χ4n) is 3.00. The van der Waals surface area contributed by atoms with Crippen LogP contribution in [-0.2, 0) is 13.6 Å². The number of aromatic nitrogens is 3. The normalized spacial score (nSPS) is 10.9. The molecule has 7 nitrogen and oxygen atoms in total. The Kier molecular flexibility index (Phi) is 4.31. The van der Waals surface area contributed by atoms with Gasteiger partial charge in [0.2, 0.25) is 0 Å². The van der Waals surface area contributed by atoms with Gasteiger partial charge in [0.25, 0.3) is 11.5 Å². The Balaban J connectivity index is 1.92. The van der Waals surface area contributed by atoms with Gasteiger partial charge in [-0.05, 0) is 37.1 Å². The summed E-state index contributed by atoms with van der Waals surface area (Å²) in [5.41, 5.74) is 3.34. The predicted molar refractivity (Wildman–Crippen MR) is 95.0 cm³/mol. The van der Waals surface area contributed by atoms with Gasteiger partial charge in [0, 0.05) is 19.3 Å². The molecule has 1 aromatic carbocycles. The van der Waals surface area contributed by atoms with Gasteiger partial charge in [-0.25, -0.2) is 4.98 Å². The van der Waals surface area contributed by atoms with Crippen molar-refractivity contribution >= 4 is 16.9 Å². The van der Waals surface area contributed by atoms with Crippen LogP contribution in [0.1, 0.15) is 27.2 Å². The zero-order valence-electron chi connectivity index (χ0n) is 14.6. The van der Waals surface area contributed by atoms with Gasteiger partial charge in [-0.3, -0.25) is 19.4 Å². The minimum Gasteiger partial charge on any atom is -0.496 e. The molecule has 0 unspecified atom stereocenters. The molecule has 2 N–H and O–H groups in total. The number of aryl methyl sites for hydroxylation is 3. The number of methoxy groups -OCH3 is 1. The number of fused-ring (bicyclic) bond motifs is 1. The van der Waals surface area contributed by atoms with Gasteiger partial charge < -0.3 is 10.1 Å². The number of aromatic amines is 1. The zero-order valence-corrected chi connectivity index (χ0v) is 14.6. The number of H-pyrrole nitrogens is 1. The third-order valence-electron chi connectivity index (χ3n) is 4.35. The molecule has 0 saturated carbocycles. The Morgan fingerprint density at radius 3 is 2.76 bits per heavy atom. The second-order valence-electron chi connectivity index (χ2n) is 5.88. The van der Waals surface area contributed by atoms with E-state index in [0.29, 0.717) is 22.3 Å². The number of carbonyl (C=O) groups is 1.